The molecule has 0 bridgehead atoms. The molecule has 2 heterocycles. The second kappa shape index (κ2) is 5.32. The van der Waals surface area contributed by atoms with Gasteiger partial charge in [0.15, 0.2) is 6.10 Å². The van der Waals surface area contributed by atoms with Gasteiger partial charge >= 0.3 is 0 Å². The van der Waals surface area contributed by atoms with Crippen LogP contribution in [0.25, 0.3) is 0 Å². The number of nitrogens with zero attached hydrogens (tertiary/aromatic N) is 1. The number of amides is 1. The highest BCUT2D eigenvalue weighted by Gasteiger charge is 2.33. The monoisotopic (exact) mass is 276 g/mol. The van der Waals surface area contributed by atoms with Crippen LogP contribution >= 0.6 is 0 Å². The Kier molecular flexibility index (Phi) is 3.53. The van der Waals surface area contributed by atoms with Gasteiger partial charge in [-0.3, -0.25) is 4.79 Å². The molecule has 0 aliphatic carbocycles. The summed E-state index contributed by atoms with van der Waals surface area (Å²) < 4.78 is 11.5. The summed E-state index contributed by atoms with van der Waals surface area (Å²) in [6.45, 7) is 5.75. The van der Waals surface area contributed by atoms with Crippen molar-refractivity contribution in [3.05, 3.63) is 24.3 Å². The topological polar surface area (TPSA) is 50.8 Å². The van der Waals surface area contributed by atoms with Crippen LogP contribution in [0.5, 0.6) is 5.75 Å². The molecule has 0 aromatic heterocycles. The number of hydrogen-bond acceptors (Lipinski definition) is 4. The number of ether oxygens (including phenoxy) is 2. The molecule has 1 N–H and O–H groups in total. The average Bonchev–Trinajstić information content (AvgIpc) is 2.45. The first-order valence-electron chi connectivity index (χ1n) is 7.07. The lowest BCUT2D eigenvalue weighted by Crippen LogP contribution is -2.54. The summed E-state index contributed by atoms with van der Waals surface area (Å²) in [6.07, 6.45) is -0.305. The van der Waals surface area contributed by atoms with E-state index in [2.05, 4.69) is 5.32 Å². The van der Waals surface area contributed by atoms with E-state index >= 15 is 0 Å². The van der Waals surface area contributed by atoms with Gasteiger partial charge < -0.3 is 19.7 Å². The molecule has 0 radical (unpaired) electrons. The van der Waals surface area contributed by atoms with Gasteiger partial charge in [0.05, 0.1) is 24.4 Å². The Morgan fingerprint density at radius 3 is 2.70 bits per heavy atom. The number of fused-ring (bicyclic) bond motifs is 1. The van der Waals surface area contributed by atoms with Crippen molar-refractivity contribution in [3.8, 4) is 5.75 Å². The summed E-state index contributed by atoms with van der Waals surface area (Å²) in [6, 6.07) is 7.69. The first kappa shape index (κ1) is 13.2. The normalized spacial score (nSPS) is 29.1. The van der Waals surface area contributed by atoms with Crippen LogP contribution in [0.3, 0.4) is 0 Å². The van der Waals surface area contributed by atoms with Crippen LogP contribution in [-0.4, -0.2) is 48.8 Å². The second-order valence-electron chi connectivity index (χ2n) is 5.48. The second-order valence-corrected chi connectivity index (χ2v) is 5.48. The van der Waals surface area contributed by atoms with E-state index in [0.717, 1.165) is 11.4 Å². The number of benzene rings is 1. The molecule has 1 amide bonds. The lowest BCUT2D eigenvalue weighted by molar-refractivity contribution is -0.150. The molecular formula is C15H20N2O3. The fourth-order valence-corrected chi connectivity index (χ4v) is 2.81. The number of carbonyl (C=O) groups excluding carboxylic acids is 1. The summed E-state index contributed by atoms with van der Waals surface area (Å²) >= 11 is 0. The van der Waals surface area contributed by atoms with E-state index in [9.17, 15) is 4.79 Å². The van der Waals surface area contributed by atoms with Gasteiger partial charge in [-0.25, -0.2) is 0 Å². The van der Waals surface area contributed by atoms with E-state index in [4.69, 9.17) is 9.47 Å². The molecule has 0 saturated carbocycles. The minimum absolute atomic E-state index is 0.0361. The summed E-state index contributed by atoms with van der Waals surface area (Å²) in [5.74, 6) is 0.778. The van der Waals surface area contributed by atoms with Crippen LogP contribution in [0.2, 0.25) is 0 Å². The highest BCUT2D eigenvalue weighted by molar-refractivity contribution is 5.83. The first-order valence-corrected chi connectivity index (χ1v) is 7.07. The molecule has 3 rings (SSSR count). The van der Waals surface area contributed by atoms with Gasteiger partial charge in [0, 0.05) is 13.1 Å². The van der Waals surface area contributed by atoms with E-state index < -0.39 is 6.10 Å². The number of rotatable bonds is 1. The van der Waals surface area contributed by atoms with Crippen LogP contribution in [0.1, 0.15) is 13.8 Å². The maximum absolute atomic E-state index is 12.6. The summed E-state index contributed by atoms with van der Waals surface area (Å²) in [7, 11) is 0. The van der Waals surface area contributed by atoms with Crippen LogP contribution in [-0.2, 0) is 9.53 Å². The Morgan fingerprint density at radius 2 is 1.95 bits per heavy atom. The van der Waals surface area contributed by atoms with Gasteiger partial charge in [-0.15, -0.1) is 0 Å². The molecule has 1 aromatic rings. The van der Waals surface area contributed by atoms with Gasteiger partial charge in [-0.1, -0.05) is 12.1 Å². The molecule has 108 valence electrons. The van der Waals surface area contributed by atoms with Crippen molar-refractivity contribution in [2.75, 3.05) is 25.0 Å². The van der Waals surface area contributed by atoms with Crippen molar-refractivity contribution in [2.45, 2.75) is 32.2 Å². The minimum Gasteiger partial charge on any atom is -0.477 e. The van der Waals surface area contributed by atoms with Crippen molar-refractivity contribution in [2.24, 2.45) is 0 Å². The SMILES string of the molecule is C[C@@H]1CN(C(=O)C2CNc3ccccc3O2)C[C@H](C)O1. The van der Waals surface area contributed by atoms with Gasteiger partial charge in [-0.2, -0.15) is 0 Å². The lowest BCUT2D eigenvalue weighted by Gasteiger charge is -2.38. The largest absolute Gasteiger partial charge is 0.477 e. The van der Waals surface area contributed by atoms with E-state index in [0.29, 0.717) is 19.6 Å². The standard InChI is InChI=1S/C15H20N2O3/c1-10-8-17(9-11(2)19-10)15(18)14-7-16-12-5-3-4-6-13(12)20-14/h3-6,10-11,14,16H,7-9H2,1-2H3/t10-,11+,14?. The highest BCUT2D eigenvalue weighted by atomic mass is 16.5. The van der Waals surface area contributed by atoms with Crippen molar-refractivity contribution in [1.82, 2.24) is 4.90 Å². The summed E-state index contributed by atoms with van der Waals surface area (Å²) in [4.78, 5) is 14.4. The number of anilines is 1. The molecule has 2 aliphatic heterocycles. The molecule has 1 saturated heterocycles. The maximum Gasteiger partial charge on any atom is 0.265 e. The zero-order valence-corrected chi connectivity index (χ0v) is 11.8. The Morgan fingerprint density at radius 1 is 1.25 bits per heavy atom. The zero-order chi connectivity index (χ0) is 14.1. The van der Waals surface area contributed by atoms with Crippen LogP contribution in [0.15, 0.2) is 24.3 Å². The number of carbonyl (C=O) groups is 1. The molecule has 2 aliphatic rings. The molecular weight excluding hydrogens is 256 g/mol. The third-order valence-electron chi connectivity index (χ3n) is 3.64. The lowest BCUT2D eigenvalue weighted by atomic mass is 10.1. The quantitative estimate of drug-likeness (QED) is 0.844. The number of morpholine rings is 1. The Bertz CT molecular complexity index is 496. The predicted molar refractivity (Wildman–Crippen MR) is 75.9 cm³/mol. The smallest absolute Gasteiger partial charge is 0.265 e. The van der Waals surface area contributed by atoms with Crippen LogP contribution in [0, 0.1) is 0 Å². The fourth-order valence-electron chi connectivity index (χ4n) is 2.81. The van der Waals surface area contributed by atoms with Crippen molar-refractivity contribution < 1.29 is 14.3 Å². The molecule has 5 nitrogen and oxygen atoms in total. The molecule has 20 heavy (non-hydrogen) atoms. The van der Waals surface area contributed by atoms with Gasteiger partial charge in [-0.05, 0) is 26.0 Å². The average molecular weight is 276 g/mol. The van der Waals surface area contributed by atoms with Crippen molar-refractivity contribution in [1.29, 1.82) is 0 Å². The van der Waals surface area contributed by atoms with E-state index in [1.54, 1.807) is 0 Å². The Labute approximate surface area is 118 Å². The van der Waals surface area contributed by atoms with E-state index in [-0.39, 0.29) is 18.1 Å². The third kappa shape index (κ3) is 2.58. The maximum atomic E-state index is 12.6. The summed E-state index contributed by atoms with van der Waals surface area (Å²) in [5, 5.41) is 3.25. The van der Waals surface area contributed by atoms with Crippen molar-refractivity contribution >= 4 is 11.6 Å². The summed E-state index contributed by atoms with van der Waals surface area (Å²) in [5.41, 5.74) is 0.945. The van der Waals surface area contributed by atoms with Crippen LogP contribution in [0.4, 0.5) is 5.69 Å². The molecule has 0 spiro atoms. The van der Waals surface area contributed by atoms with E-state index in [1.807, 2.05) is 43.0 Å². The Hall–Kier alpha value is -1.75. The molecule has 3 atom stereocenters. The third-order valence-corrected chi connectivity index (χ3v) is 3.64. The molecule has 1 unspecified atom stereocenters. The predicted octanol–water partition coefficient (Wildman–Crippen LogP) is 1.50. The molecule has 1 aromatic carbocycles. The number of hydrogen-bond donors (Lipinski definition) is 1. The van der Waals surface area contributed by atoms with Crippen molar-refractivity contribution in [3.63, 3.8) is 0 Å². The van der Waals surface area contributed by atoms with Gasteiger partial charge in [0.1, 0.15) is 5.75 Å². The fraction of sp³-hybridized carbons (Fsp3) is 0.533. The van der Waals surface area contributed by atoms with Crippen LogP contribution < -0.4 is 10.1 Å². The minimum atomic E-state index is -0.456. The molecule has 1 fully saturated rings. The Balaban J connectivity index is 1.69. The zero-order valence-electron chi connectivity index (χ0n) is 11.8. The van der Waals surface area contributed by atoms with E-state index in [1.165, 1.54) is 0 Å². The van der Waals surface area contributed by atoms with Gasteiger partial charge in [0.25, 0.3) is 5.91 Å². The first-order chi connectivity index (χ1) is 9.63. The number of nitrogens with one attached hydrogen (secondary N) is 1. The number of para-hydroxylation sites is 2. The highest BCUT2D eigenvalue weighted by Crippen LogP contribution is 2.29. The molecule has 5 heteroatoms. The van der Waals surface area contributed by atoms with Gasteiger partial charge in [0.2, 0.25) is 0 Å².